The highest BCUT2D eigenvalue weighted by atomic mass is 19.1. The van der Waals surface area contributed by atoms with Gasteiger partial charge >= 0.3 is 0 Å². The molecule has 2 N–H and O–H groups in total. The van der Waals surface area contributed by atoms with E-state index in [9.17, 15) is 9.59 Å². The lowest BCUT2D eigenvalue weighted by molar-refractivity contribution is -0.127. The monoisotopic (exact) mass is 496 g/mol. The summed E-state index contributed by atoms with van der Waals surface area (Å²) in [6.45, 7) is 6.95. The summed E-state index contributed by atoms with van der Waals surface area (Å²) in [5.41, 5.74) is 0.748. The Balaban J connectivity index is 1.42. The Hall–Kier alpha value is -3.86. The summed E-state index contributed by atoms with van der Waals surface area (Å²) in [6, 6.07) is 4.48. The topological polar surface area (TPSA) is 99.2 Å². The fourth-order valence-corrected chi connectivity index (χ4v) is 4.66. The molecule has 2 saturated heterocycles. The fourth-order valence-electron chi connectivity index (χ4n) is 4.66. The van der Waals surface area contributed by atoms with Gasteiger partial charge in [0.1, 0.15) is 11.6 Å². The van der Waals surface area contributed by atoms with Crippen LogP contribution in [0.15, 0.2) is 35.8 Å². The van der Waals surface area contributed by atoms with Crippen LogP contribution >= 0.6 is 0 Å². The number of likely N-dealkylation sites (tertiary alicyclic amines) is 1. The van der Waals surface area contributed by atoms with Gasteiger partial charge in [0.25, 0.3) is 5.91 Å². The van der Waals surface area contributed by atoms with Crippen molar-refractivity contribution in [3.63, 3.8) is 0 Å². The second-order valence-corrected chi connectivity index (χ2v) is 8.84. The van der Waals surface area contributed by atoms with Crippen LogP contribution in [0.5, 0.6) is 0 Å². The Labute approximate surface area is 206 Å². The molecule has 1 aromatic heterocycles. The third-order valence-corrected chi connectivity index (χ3v) is 6.53. The van der Waals surface area contributed by atoms with E-state index in [0.29, 0.717) is 45.8 Å². The second-order valence-electron chi connectivity index (χ2n) is 8.84. The summed E-state index contributed by atoms with van der Waals surface area (Å²) < 4.78 is 35.7. The van der Waals surface area contributed by atoms with Gasteiger partial charge in [-0.2, -0.15) is 0 Å². The quantitative estimate of drug-likeness (QED) is 0.593. The van der Waals surface area contributed by atoms with Crippen molar-refractivity contribution >= 4 is 41.0 Å². The molecule has 2 fully saturated rings. The van der Waals surface area contributed by atoms with Gasteiger partial charge < -0.3 is 25.2 Å². The van der Waals surface area contributed by atoms with Crippen LogP contribution in [0.4, 0.5) is 31.8 Å². The normalized spacial score (nSPS) is 19.3. The van der Waals surface area contributed by atoms with E-state index in [2.05, 4.69) is 27.2 Å². The van der Waals surface area contributed by atoms with E-state index in [1.165, 1.54) is 12.1 Å². The summed E-state index contributed by atoms with van der Waals surface area (Å²) in [7, 11) is 0. The Morgan fingerprint density at radius 1 is 1.19 bits per heavy atom. The number of piperidine rings is 1. The number of anilines is 4. The van der Waals surface area contributed by atoms with Crippen LogP contribution in [-0.4, -0.2) is 73.3 Å². The molecule has 3 aliphatic rings. The highest BCUT2D eigenvalue weighted by molar-refractivity contribution is 6.16. The molecule has 2 amide bonds. The van der Waals surface area contributed by atoms with Gasteiger partial charge in [-0.25, -0.2) is 18.8 Å². The molecule has 0 spiro atoms. The number of fused-ring (bicyclic) bond motifs is 1. The van der Waals surface area contributed by atoms with Gasteiger partial charge in [0, 0.05) is 49.7 Å². The molecule has 4 heterocycles. The first kappa shape index (κ1) is 23.9. The standard InChI is InChI=1S/C25H26F2N6O3/c1-2-20(34)33-7-3-4-15(14-33)29-24-22(27)17-13-28-25(35)21(17)23(31-24)30-19-6-5-16(12-18(19)26)32-8-10-36-11-9-32/h2,5-6,12-13,15H,1,3-4,7-11,14H2,(H2,29,30,31)/t15-/m0/s1. The molecule has 0 saturated carbocycles. The molecule has 0 bridgehead atoms. The molecule has 3 aliphatic heterocycles. The van der Waals surface area contributed by atoms with Gasteiger partial charge in [-0.15, -0.1) is 0 Å². The Morgan fingerprint density at radius 3 is 2.75 bits per heavy atom. The van der Waals surface area contributed by atoms with Crippen molar-refractivity contribution < 1.29 is 23.1 Å². The van der Waals surface area contributed by atoms with Crippen LogP contribution in [0.3, 0.4) is 0 Å². The molecule has 0 aliphatic carbocycles. The van der Waals surface area contributed by atoms with Crippen LogP contribution in [0, 0.1) is 11.6 Å². The molecule has 0 radical (unpaired) electrons. The van der Waals surface area contributed by atoms with E-state index < -0.39 is 17.5 Å². The summed E-state index contributed by atoms with van der Waals surface area (Å²) >= 11 is 0. The van der Waals surface area contributed by atoms with Crippen LogP contribution in [0.1, 0.15) is 28.8 Å². The van der Waals surface area contributed by atoms with Gasteiger partial charge in [-0.05, 0) is 37.1 Å². The number of rotatable bonds is 6. The molecule has 1 aromatic carbocycles. The third kappa shape index (κ3) is 4.66. The average Bonchev–Trinajstić information content (AvgIpc) is 3.30. The first-order chi connectivity index (χ1) is 17.4. The predicted molar refractivity (Wildman–Crippen MR) is 132 cm³/mol. The minimum absolute atomic E-state index is 0.00394. The van der Waals surface area contributed by atoms with Crippen molar-refractivity contribution in [2.75, 3.05) is 54.9 Å². The number of benzene rings is 1. The minimum atomic E-state index is -0.722. The molecule has 5 rings (SSSR count). The van der Waals surface area contributed by atoms with E-state index >= 15 is 8.78 Å². The highest BCUT2D eigenvalue weighted by Crippen LogP contribution is 2.33. The molecular weight excluding hydrogens is 470 g/mol. The van der Waals surface area contributed by atoms with Crippen LogP contribution in [0.25, 0.3) is 0 Å². The zero-order chi connectivity index (χ0) is 25.2. The molecule has 11 heteroatoms. The Bertz CT molecular complexity index is 1240. The van der Waals surface area contributed by atoms with Crippen molar-refractivity contribution in [2.45, 2.75) is 18.9 Å². The number of pyridine rings is 1. The first-order valence-electron chi connectivity index (χ1n) is 11.8. The summed E-state index contributed by atoms with van der Waals surface area (Å²) in [6.07, 6.45) is 3.83. The fraction of sp³-hybridized carbons (Fsp3) is 0.360. The number of halogens is 2. The van der Waals surface area contributed by atoms with E-state index in [4.69, 9.17) is 4.74 Å². The van der Waals surface area contributed by atoms with Crippen molar-refractivity contribution in [3.8, 4) is 0 Å². The van der Waals surface area contributed by atoms with Crippen LogP contribution < -0.4 is 15.5 Å². The summed E-state index contributed by atoms with van der Waals surface area (Å²) in [5.74, 6) is -2.20. The molecule has 188 valence electrons. The second kappa shape index (κ2) is 10.0. The average molecular weight is 497 g/mol. The van der Waals surface area contributed by atoms with Crippen LogP contribution in [0.2, 0.25) is 0 Å². The number of carbonyl (C=O) groups is 2. The van der Waals surface area contributed by atoms with E-state index in [1.807, 2.05) is 4.90 Å². The van der Waals surface area contributed by atoms with Crippen LogP contribution in [-0.2, 0) is 9.53 Å². The maximum Gasteiger partial charge on any atom is 0.281 e. The number of hydrogen-bond donors (Lipinski definition) is 2. The molecule has 36 heavy (non-hydrogen) atoms. The number of hydrogen-bond acceptors (Lipinski definition) is 7. The number of nitrogens with one attached hydrogen (secondary N) is 2. The number of amides is 2. The maximum absolute atomic E-state index is 15.3. The van der Waals surface area contributed by atoms with Crippen molar-refractivity contribution in [1.29, 1.82) is 0 Å². The number of ether oxygens (including phenoxy) is 1. The molecule has 0 unspecified atom stereocenters. The molecule has 2 aromatic rings. The van der Waals surface area contributed by atoms with Crippen molar-refractivity contribution in [3.05, 3.63) is 53.6 Å². The van der Waals surface area contributed by atoms with Gasteiger partial charge in [0.15, 0.2) is 11.6 Å². The number of aliphatic imine (C=N–C) groups is 1. The number of carbonyl (C=O) groups excluding carboxylic acids is 2. The van der Waals surface area contributed by atoms with Gasteiger partial charge in [0.2, 0.25) is 5.91 Å². The lowest BCUT2D eigenvalue weighted by Crippen LogP contribution is -2.44. The Morgan fingerprint density at radius 2 is 2.00 bits per heavy atom. The lowest BCUT2D eigenvalue weighted by atomic mass is 10.0. The third-order valence-electron chi connectivity index (χ3n) is 6.53. The van der Waals surface area contributed by atoms with Gasteiger partial charge in [-0.3, -0.25) is 9.59 Å². The van der Waals surface area contributed by atoms with Crippen molar-refractivity contribution in [1.82, 2.24) is 9.88 Å². The lowest BCUT2D eigenvalue weighted by Gasteiger charge is -2.33. The molecular formula is C25H26F2N6O3. The number of morpholine rings is 1. The van der Waals surface area contributed by atoms with E-state index in [-0.39, 0.29) is 40.4 Å². The molecule has 9 nitrogen and oxygen atoms in total. The largest absolute Gasteiger partial charge is 0.378 e. The summed E-state index contributed by atoms with van der Waals surface area (Å²) in [4.78, 5) is 36.1. The molecule has 1 atom stereocenters. The van der Waals surface area contributed by atoms with E-state index in [0.717, 1.165) is 18.3 Å². The van der Waals surface area contributed by atoms with E-state index in [1.54, 1.807) is 17.0 Å². The zero-order valence-corrected chi connectivity index (χ0v) is 19.6. The first-order valence-corrected chi connectivity index (χ1v) is 11.8. The highest BCUT2D eigenvalue weighted by Gasteiger charge is 2.30. The number of aromatic nitrogens is 1. The van der Waals surface area contributed by atoms with Gasteiger partial charge in [-0.1, -0.05) is 6.58 Å². The zero-order valence-electron chi connectivity index (χ0n) is 19.6. The van der Waals surface area contributed by atoms with Gasteiger partial charge in [0.05, 0.1) is 24.5 Å². The van der Waals surface area contributed by atoms with Crippen molar-refractivity contribution in [2.24, 2.45) is 4.99 Å². The predicted octanol–water partition coefficient (Wildman–Crippen LogP) is 3.10. The maximum atomic E-state index is 15.3. The SMILES string of the molecule is C=CC(=O)N1CCC[C@H](Nc2nc(Nc3ccc(N4CCOCC4)cc3F)c3c(c2F)C=NC3=O)C1. The smallest absolute Gasteiger partial charge is 0.281 e. The number of nitrogens with zero attached hydrogens (tertiary/aromatic N) is 4. The Kier molecular flexibility index (Phi) is 6.64. The summed E-state index contributed by atoms with van der Waals surface area (Å²) in [5, 5.41) is 5.92. The minimum Gasteiger partial charge on any atom is -0.378 e.